The number of rotatable bonds is 25. The summed E-state index contributed by atoms with van der Waals surface area (Å²) in [4.78, 5) is 0. The normalized spacial score (nSPS) is 11.5. The van der Waals surface area contributed by atoms with E-state index in [1.165, 1.54) is 161 Å². The highest BCUT2D eigenvalue weighted by Gasteiger charge is 2.16. The van der Waals surface area contributed by atoms with Gasteiger partial charge in [0.1, 0.15) is 12.4 Å². The summed E-state index contributed by atoms with van der Waals surface area (Å²) in [5.41, 5.74) is 0. The molecule has 0 aliphatic rings. The topological polar surface area (TPSA) is 8.81 Å². The molecule has 0 N–H and O–H groups in total. The third-order valence-corrected chi connectivity index (χ3v) is 7.35. The van der Waals surface area contributed by atoms with Crippen LogP contribution in [0.3, 0.4) is 0 Å². The van der Waals surface area contributed by atoms with Crippen LogP contribution in [0.2, 0.25) is 0 Å². The molecule has 0 unspecified atom stereocenters. The molecule has 0 bridgehead atoms. The Labute approximate surface area is 208 Å². The van der Waals surface area contributed by atoms with Crippen LogP contribution in [-0.4, -0.2) is 4.57 Å². The third kappa shape index (κ3) is 16.5. The van der Waals surface area contributed by atoms with Crippen LogP contribution in [-0.2, 0) is 19.5 Å². The molecule has 0 aliphatic carbocycles. The van der Waals surface area contributed by atoms with Crippen LogP contribution in [0.15, 0.2) is 12.4 Å². The smallest absolute Gasteiger partial charge is 0.234 e. The molecule has 0 fully saturated rings. The lowest BCUT2D eigenvalue weighted by Gasteiger charge is -2.07. The molecule has 2 heteroatoms. The van der Waals surface area contributed by atoms with E-state index in [0.29, 0.717) is 0 Å². The van der Waals surface area contributed by atoms with Gasteiger partial charge < -0.3 is 0 Å². The zero-order valence-electron chi connectivity index (χ0n) is 23.2. The fraction of sp³-hybridized carbons (Fsp3) is 0.903. The van der Waals surface area contributed by atoms with Gasteiger partial charge in [0.05, 0.1) is 13.1 Å². The van der Waals surface area contributed by atoms with Crippen LogP contribution in [0, 0.1) is 0 Å². The molecular formula is C31H61N2+. The maximum atomic E-state index is 2.61. The number of imidazole rings is 1. The van der Waals surface area contributed by atoms with Crippen LogP contribution in [0.1, 0.15) is 168 Å². The van der Waals surface area contributed by atoms with E-state index in [4.69, 9.17) is 0 Å². The molecule has 1 rings (SSSR count). The minimum atomic E-state index is 1.22. The van der Waals surface area contributed by atoms with Crippen LogP contribution < -0.4 is 4.57 Å². The zero-order valence-corrected chi connectivity index (χ0v) is 23.2. The minimum Gasteiger partial charge on any atom is -0.234 e. The summed E-state index contributed by atoms with van der Waals surface area (Å²) in [6, 6.07) is 0. The molecule has 0 radical (unpaired) electrons. The maximum absolute atomic E-state index is 2.61. The molecule has 0 aliphatic heterocycles. The maximum Gasteiger partial charge on any atom is 0.256 e. The first-order valence-corrected chi connectivity index (χ1v) is 15.4. The molecule has 2 nitrogen and oxygen atoms in total. The largest absolute Gasteiger partial charge is 0.256 e. The van der Waals surface area contributed by atoms with Crippen molar-refractivity contribution in [3.63, 3.8) is 0 Å². The number of hydrogen-bond acceptors (Lipinski definition) is 0. The Balaban J connectivity index is 2.34. The van der Waals surface area contributed by atoms with E-state index in [2.05, 4.69) is 42.3 Å². The number of aryl methyl sites for hydroxylation is 2. The summed E-state index contributed by atoms with van der Waals surface area (Å²) in [7, 11) is 0. The minimum absolute atomic E-state index is 1.22. The van der Waals surface area contributed by atoms with E-state index in [1.54, 1.807) is 5.82 Å². The Bertz CT molecular complexity index is 519. The molecular weight excluding hydrogens is 400 g/mol. The highest BCUT2D eigenvalue weighted by Crippen LogP contribution is 2.13. The first kappa shape index (κ1) is 30.2. The standard InChI is InChI=1S/C31H61N2/c1-4-7-10-13-16-17-18-19-22-25-28-33-30-29-32(27-24-21-15-12-9-6-3)31(33)26-23-20-14-11-8-5-2/h29-30H,4-28H2,1-3H3/q+1. The Hall–Kier alpha value is -0.790. The average molecular weight is 462 g/mol. The van der Waals surface area contributed by atoms with Gasteiger partial charge in [-0.15, -0.1) is 0 Å². The Kier molecular flexibility index (Phi) is 21.1. The van der Waals surface area contributed by atoms with Crippen molar-refractivity contribution in [2.24, 2.45) is 0 Å². The lowest BCUT2D eigenvalue weighted by molar-refractivity contribution is -0.704. The monoisotopic (exact) mass is 461 g/mol. The highest BCUT2D eigenvalue weighted by atomic mass is 15.1. The molecule has 194 valence electrons. The lowest BCUT2D eigenvalue weighted by Crippen LogP contribution is -2.37. The fourth-order valence-corrected chi connectivity index (χ4v) is 5.09. The second-order valence-corrected chi connectivity index (χ2v) is 10.6. The number of unbranched alkanes of at least 4 members (excludes halogenated alkanes) is 19. The van der Waals surface area contributed by atoms with Crippen molar-refractivity contribution in [1.82, 2.24) is 4.57 Å². The van der Waals surface area contributed by atoms with E-state index in [1.807, 2.05) is 0 Å². The Morgan fingerprint density at radius 3 is 1.45 bits per heavy atom. The summed E-state index contributed by atoms with van der Waals surface area (Å²) in [5.74, 6) is 1.61. The van der Waals surface area contributed by atoms with Crippen LogP contribution in [0.25, 0.3) is 0 Å². The van der Waals surface area contributed by atoms with Crippen LogP contribution in [0.4, 0.5) is 0 Å². The van der Waals surface area contributed by atoms with Crippen molar-refractivity contribution in [2.45, 2.75) is 182 Å². The summed E-state index contributed by atoms with van der Waals surface area (Å²) >= 11 is 0. The van der Waals surface area contributed by atoms with E-state index in [0.717, 1.165) is 0 Å². The van der Waals surface area contributed by atoms with Gasteiger partial charge in [0.25, 0.3) is 5.82 Å². The summed E-state index contributed by atoms with van der Waals surface area (Å²) in [6.45, 7) is 9.38. The molecule has 33 heavy (non-hydrogen) atoms. The van der Waals surface area contributed by atoms with Crippen molar-refractivity contribution >= 4 is 0 Å². The van der Waals surface area contributed by atoms with E-state index in [9.17, 15) is 0 Å². The second kappa shape index (κ2) is 23.0. The second-order valence-electron chi connectivity index (χ2n) is 10.6. The fourth-order valence-electron chi connectivity index (χ4n) is 5.09. The van der Waals surface area contributed by atoms with Crippen molar-refractivity contribution in [3.8, 4) is 0 Å². The highest BCUT2D eigenvalue weighted by molar-refractivity contribution is 4.84. The summed E-state index contributed by atoms with van der Waals surface area (Å²) in [5, 5.41) is 0. The van der Waals surface area contributed by atoms with Gasteiger partial charge >= 0.3 is 0 Å². The molecule has 0 aromatic carbocycles. The van der Waals surface area contributed by atoms with Gasteiger partial charge in [-0.05, 0) is 32.1 Å². The average Bonchev–Trinajstić information content (AvgIpc) is 3.21. The number of nitrogens with zero attached hydrogens (tertiary/aromatic N) is 2. The number of aromatic nitrogens is 2. The van der Waals surface area contributed by atoms with Crippen molar-refractivity contribution in [3.05, 3.63) is 18.2 Å². The molecule has 0 amide bonds. The Morgan fingerprint density at radius 2 is 0.939 bits per heavy atom. The van der Waals surface area contributed by atoms with Gasteiger partial charge in [0.2, 0.25) is 0 Å². The first-order valence-electron chi connectivity index (χ1n) is 15.4. The van der Waals surface area contributed by atoms with Gasteiger partial charge in [0.15, 0.2) is 0 Å². The molecule has 0 spiro atoms. The Morgan fingerprint density at radius 1 is 0.515 bits per heavy atom. The van der Waals surface area contributed by atoms with Gasteiger partial charge in [0, 0.05) is 6.42 Å². The van der Waals surface area contributed by atoms with Gasteiger partial charge in [-0.2, -0.15) is 0 Å². The SMILES string of the molecule is CCCCCCCCCCCCn1cc[n+](CCCCCCCC)c1CCCCCCCC. The number of hydrogen-bond donors (Lipinski definition) is 0. The first-order chi connectivity index (χ1) is 16.3. The summed E-state index contributed by atoms with van der Waals surface area (Å²) < 4.78 is 5.20. The predicted molar refractivity (Wildman–Crippen MR) is 147 cm³/mol. The van der Waals surface area contributed by atoms with Crippen LogP contribution >= 0.6 is 0 Å². The molecule has 1 aromatic heterocycles. The van der Waals surface area contributed by atoms with E-state index < -0.39 is 0 Å². The lowest BCUT2D eigenvalue weighted by atomic mass is 10.1. The quantitative estimate of drug-likeness (QED) is 0.101. The predicted octanol–water partition coefficient (Wildman–Crippen LogP) is 9.96. The van der Waals surface area contributed by atoms with Gasteiger partial charge in [-0.3, -0.25) is 0 Å². The van der Waals surface area contributed by atoms with Crippen molar-refractivity contribution < 1.29 is 4.57 Å². The molecule has 1 aromatic rings. The van der Waals surface area contributed by atoms with Crippen molar-refractivity contribution in [1.29, 1.82) is 0 Å². The van der Waals surface area contributed by atoms with Gasteiger partial charge in [-0.1, -0.05) is 130 Å². The molecule has 0 saturated carbocycles. The van der Waals surface area contributed by atoms with E-state index in [-0.39, 0.29) is 0 Å². The summed E-state index contributed by atoms with van der Waals surface area (Å²) in [6.07, 6.45) is 37.0. The van der Waals surface area contributed by atoms with Crippen LogP contribution in [0.5, 0.6) is 0 Å². The molecule has 0 atom stereocenters. The van der Waals surface area contributed by atoms with Gasteiger partial charge in [-0.25, -0.2) is 9.13 Å². The van der Waals surface area contributed by atoms with E-state index >= 15 is 0 Å². The molecule has 1 heterocycles. The third-order valence-electron chi connectivity index (χ3n) is 7.35. The molecule has 0 saturated heterocycles. The van der Waals surface area contributed by atoms with Crippen molar-refractivity contribution in [2.75, 3.05) is 0 Å². The zero-order chi connectivity index (χ0) is 23.8.